The number of nitrogens with zero attached hydrogens (tertiary/aromatic N) is 5. The number of nitrogens with one attached hydrogen (secondary N) is 1. The number of methoxy groups -OCH3 is 2. The van der Waals surface area contributed by atoms with Gasteiger partial charge in [0.25, 0.3) is 5.91 Å². The van der Waals surface area contributed by atoms with E-state index in [4.69, 9.17) is 9.47 Å². The Bertz CT molecular complexity index is 692. The molecule has 122 valence electrons. The molecular weight excluding hydrogens is 300 g/mol. The number of anilines is 1. The predicted molar refractivity (Wildman–Crippen MR) is 82.7 cm³/mol. The van der Waals surface area contributed by atoms with Crippen LogP contribution in [0.5, 0.6) is 11.9 Å². The van der Waals surface area contributed by atoms with E-state index in [0.29, 0.717) is 23.2 Å². The van der Waals surface area contributed by atoms with Crippen molar-refractivity contribution < 1.29 is 14.3 Å². The Kier molecular flexibility index (Phi) is 5.23. The highest BCUT2D eigenvalue weighted by Crippen LogP contribution is 2.11. The Labute approximate surface area is 133 Å². The van der Waals surface area contributed by atoms with Gasteiger partial charge in [-0.15, -0.1) is 0 Å². The van der Waals surface area contributed by atoms with Gasteiger partial charge in [0, 0.05) is 31.9 Å². The van der Waals surface area contributed by atoms with Gasteiger partial charge in [0.05, 0.1) is 20.8 Å². The minimum absolute atomic E-state index is 0.142. The molecule has 2 heterocycles. The van der Waals surface area contributed by atoms with Crippen molar-refractivity contribution >= 4 is 11.9 Å². The van der Waals surface area contributed by atoms with Crippen molar-refractivity contribution in [2.45, 2.75) is 6.54 Å². The fourth-order valence-electron chi connectivity index (χ4n) is 1.68. The first-order chi connectivity index (χ1) is 11.0. The molecule has 1 amide bonds. The third-order valence-electron chi connectivity index (χ3n) is 2.85. The highest BCUT2D eigenvalue weighted by Gasteiger charge is 2.11. The van der Waals surface area contributed by atoms with Crippen LogP contribution >= 0.6 is 0 Å². The first-order valence-corrected chi connectivity index (χ1v) is 6.78. The molecule has 0 aliphatic rings. The third kappa shape index (κ3) is 4.25. The smallest absolute Gasteiger partial charge is 0.321 e. The van der Waals surface area contributed by atoms with Crippen molar-refractivity contribution in [3.8, 4) is 11.9 Å². The fraction of sp³-hybridized carbons (Fsp3) is 0.357. The molecule has 1 N–H and O–H groups in total. The van der Waals surface area contributed by atoms with Crippen molar-refractivity contribution in [3.05, 3.63) is 29.7 Å². The summed E-state index contributed by atoms with van der Waals surface area (Å²) >= 11 is 0. The van der Waals surface area contributed by atoms with Crippen molar-refractivity contribution in [2.24, 2.45) is 0 Å². The maximum atomic E-state index is 12.2. The minimum Gasteiger partial charge on any atom is -0.481 e. The molecule has 0 radical (unpaired) electrons. The van der Waals surface area contributed by atoms with E-state index in [1.165, 1.54) is 20.4 Å². The molecule has 0 bridgehead atoms. The Hall–Kier alpha value is -2.97. The van der Waals surface area contributed by atoms with Crippen LogP contribution < -0.4 is 19.7 Å². The number of carbonyl (C=O) groups is 1. The molecule has 0 atom stereocenters. The molecule has 9 nitrogen and oxygen atoms in total. The lowest BCUT2D eigenvalue weighted by Crippen LogP contribution is -2.25. The lowest BCUT2D eigenvalue weighted by atomic mass is 10.2. The van der Waals surface area contributed by atoms with Gasteiger partial charge in [-0.2, -0.15) is 15.0 Å². The number of hydrogen-bond donors (Lipinski definition) is 1. The summed E-state index contributed by atoms with van der Waals surface area (Å²) in [6.45, 7) is 0.142. The van der Waals surface area contributed by atoms with E-state index in [1.807, 2.05) is 0 Å². The van der Waals surface area contributed by atoms with Gasteiger partial charge >= 0.3 is 6.01 Å². The number of hydrogen-bond acceptors (Lipinski definition) is 8. The van der Waals surface area contributed by atoms with E-state index in [9.17, 15) is 4.79 Å². The predicted octanol–water partition coefficient (Wildman–Crippen LogP) is 0.280. The van der Waals surface area contributed by atoms with Crippen LogP contribution in [0, 0.1) is 0 Å². The molecule has 0 unspecified atom stereocenters. The molecule has 0 saturated heterocycles. The van der Waals surface area contributed by atoms with E-state index in [1.54, 1.807) is 31.1 Å². The molecule has 2 aromatic heterocycles. The van der Waals surface area contributed by atoms with Crippen LogP contribution in [0.25, 0.3) is 0 Å². The first kappa shape index (κ1) is 16.4. The zero-order valence-corrected chi connectivity index (χ0v) is 13.4. The summed E-state index contributed by atoms with van der Waals surface area (Å²) in [5.41, 5.74) is 0.436. The van der Waals surface area contributed by atoms with Crippen molar-refractivity contribution in [1.82, 2.24) is 25.3 Å². The van der Waals surface area contributed by atoms with Gasteiger partial charge < -0.3 is 19.7 Å². The van der Waals surface area contributed by atoms with Crippen molar-refractivity contribution in [3.63, 3.8) is 0 Å². The molecule has 0 fully saturated rings. The number of amides is 1. The molecule has 0 saturated carbocycles. The summed E-state index contributed by atoms with van der Waals surface area (Å²) in [4.78, 5) is 30.3. The average Bonchev–Trinajstić information content (AvgIpc) is 2.59. The number of pyridine rings is 1. The van der Waals surface area contributed by atoms with Crippen LogP contribution in [-0.4, -0.2) is 54.2 Å². The number of carbonyl (C=O) groups excluding carboxylic acids is 1. The van der Waals surface area contributed by atoms with E-state index in [2.05, 4.69) is 25.3 Å². The van der Waals surface area contributed by atoms with Crippen LogP contribution in [0.4, 0.5) is 5.95 Å². The standard InChI is InChI=1S/C14H18N6O3/c1-20(2)13-17-10(18-14(19-13)23-4)8-16-12(21)9-5-6-15-11(7-9)22-3/h5-7H,8H2,1-4H3,(H,16,21). The number of ether oxygens (including phenoxy) is 2. The second-order valence-electron chi connectivity index (χ2n) is 4.70. The molecular formula is C14H18N6O3. The Morgan fingerprint density at radius 2 is 2.00 bits per heavy atom. The quantitative estimate of drug-likeness (QED) is 0.810. The van der Waals surface area contributed by atoms with E-state index in [0.717, 1.165) is 0 Å². The van der Waals surface area contributed by atoms with E-state index >= 15 is 0 Å². The van der Waals surface area contributed by atoms with Crippen LogP contribution in [0.3, 0.4) is 0 Å². The topological polar surface area (TPSA) is 102 Å². The van der Waals surface area contributed by atoms with Crippen LogP contribution in [0.2, 0.25) is 0 Å². The van der Waals surface area contributed by atoms with Gasteiger partial charge in [0.2, 0.25) is 11.8 Å². The Morgan fingerprint density at radius 1 is 1.22 bits per heavy atom. The second kappa shape index (κ2) is 7.34. The van der Waals surface area contributed by atoms with Gasteiger partial charge in [-0.3, -0.25) is 4.79 Å². The molecule has 2 aromatic rings. The second-order valence-corrected chi connectivity index (χ2v) is 4.70. The number of rotatable bonds is 6. The monoisotopic (exact) mass is 318 g/mol. The molecule has 0 spiro atoms. The molecule has 2 rings (SSSR count). The molecule has 23 heavy (non-hydrogen) atoms. The molecule has 0 aliphatic heterocycles. The highest BCUT2D eigenvalue weighted by molar-refractivity contribution is 5.94. The average molecular weight is 318 g/mol. The summed E-state index contributed by atoms with van der Waals surface area (Å²) in [5, 5.41) is 2.73. The number of aromatic nitrogens is 4. The highest BCUT2D eigenvalue weighted by atomic mass is 16.5. The molecule has 0 aliphatic carbocycles. The zero-order valence-electron chi connectivity index (χ0n) is 13.4. The maximum absolute atomic E-state index is 12.2. The van der Waals surface area contributed by atoms with Gasteiger partial charge in [-0.25, -0.2) is 4.98 Å². The van der Waals surface area contributed by atoms with Crippen molar-refractivity contribution in [1.29, 1.82) is 0 Å². The van der Waals surface area contributed by atoms with E-state index < -0.39 is 0 Å². The summed E-state index contributed by atoms with van der Waals surface area (Å²) < 4.78 is 10.0. The summed E-state index contributed by atoms with van der Waals surface area (Å²) in [5.74, 6) is 0.937. The maximum Gasteiger partial charge on any atom is 0.321 e. The third-order valence-corrected chi connectivity index (χ3v) is 2.85. The van der Waals surface area contributed by atoms with Gasteiger partial charge in [-0.05, 0) is 6.07 Å². The summed E-state index contributed by atoms with van der Waals surface area (Å²) in [7, 11) is 6.57. The van der Waals surface area contributed by atoms with Crippen LogP contribution in [0.1, 0.15) is 16.2 Å². The van der Waals surface area contributed by atoms with Gasteiger partial charge in [0.1, 0.15) is 0 Å². The van der Waals surface area contributed by atoms with Crippen LogP contribution in [0.15, 0.2) is 18.3 Å². The fourth-order valence-corrected chi connectivity index (χ4v) is 1.68. The molecule has 9 heteroatoms. The first-order valence-electron chi connectivity index (χ1n) is 6.78. The van der Waals surface area contributed by atoms with Gasteiger partial charge in [0.15, 0.2) is 5.82 Å². The van der Waals surface area contributed by atoms with E-state index in [-0.39, 0.29) is 18.5 Å². The Morgan fingerprint density at radius 3 is 2.65 bits per heavy atom. The minimum atomic E-state index is -0.281. The zero-order chi connectivity index (χ0) is 16.8. The summed E-state index contributed by atoms with van der Waals surface area (Å²) in [6, 6.07) is 3.34. The Balaban J connectivity index is 2.10. The largest absolute Gasteiger partial charge is 0.481 e. The molecule has 0 aromatic carbocycles. The normalized spacial score (nSPS) is 10.1. The SMILES string of the molecule is COc1cc(C(=O)NCc2nc(OC)nc(N(C)C)n2)ccn1. The summed E-state index contributed by atoms with van der Waals surface area (Å²) in [6.07, 6.45) is 1.50. The van der Waals surface area contributed by atoms with Gasteiger partial charge in [-0.1, -0.05) is 0 Å². The van der Waals surface area contributed by atoms with Crippen LogP contribution in [-0.2, 0) is 6.54 Å². The van der Waals surface area contributed by atoms with Crippen molar-refractivity contribution in [2.75, 3.05) is 33.2 Å². The lowest BCUT2D eigenvalue weighted by Gasteiger charge is -2.12. The lowest BCUT2D eigenvalue weighted by molar-refractivity contribution is 0.0949.